The summed E-state index contributed by atoms with van der Waals surface area (Å²) < 4.78 is 0. The van der Waals surface area contributed by atoms with Crippen molar-refractivity contribution < 1.29 is 0 Å². The molecule has 0 bridgehead atoms. The van der Waals surface area contributed by atoms with E-state index in [1.807, 2.05) is 20.0 Å². The summed E-state index contributed by atoms with van der Waals surface area (Å²) in [7, 11) is 0. The van der Waals surface area contributed by atoms with Crippen LogP contribution in [0.25, 0.3) is 0 Å². The average molecular weight is 200 g/mol. The molecule has 0 spiro atoms. The second kappa shape index (κ2) is 10.4. The molecule has 0 aromatic carbocycles. The van der Waals surface area contributed by atoms with E-state index in [4.69, 9.17) is 0 Å². The molecule has 1 rings (SSSR count). The van der Waals surface area contributed by atoms with Crippen LogP contribution in [0.2, 0.25) is 0 Å². The predicted molar refractivity (Wildman–Crippen MR) is 65.9 cm³/mol. The molecule has 0 atom stereocenters. The van der Waals surface area contributed by atoms with Crippen LogP contribution in [0.3, 0.4) is 0 Å². The van der Waals surface area contributed by atoms with Gasteiger partial charge < -0.3 is 10.6 Å². The van der Waals surface area contributed by atoms with Crippen molar-refractivity contribution in [3.05, 3.63) is 11.9 Å². The summed E-state index contributed by atoms with van der Waals surface area (Å²) in [6.07, 6.45) is 2.03. The van der Waals surface area contributed by atoms with Gasteiger partial charge in [0.15, 0.2) is 0 Å². The van der Waals surface area contributed by atoms with Gasteiger partial charge >= 0.3 is 0 Å². The molecule has 0 saturated heterocycles. The molecule has 0 saturated carbocycles. The summed E-state index contributed by atoms with van der Waals surface area (Å²) in [5, 5.41) is 6.29. The second-order valence-electron chi connectivity index (χ2n) is 4.04. The van der Waals surface area contributed by atoms with E-state index in [0.29, 0.717) is 5.92 Å². The largest absolute Gasteiger partial charge is 0.372 e. The highest BCUT2D eigenvalue weighted by atomic mass is 15.1. The number of hydrogen-bond donors (Lipinski definition) is 2. The zero-order valence-corrected chi connectivity index (χ0v) is 10.9. The Morgan fingerprint density at radius 1 is 1.07 bits per heavy atom. The predicted octanol–water partition coefficient (Wildman–Crippen LogP) is 3.32. The van der Waals surface area contributed by atoms with Gasteiger partial charge in [0.05, 0.1) is 6.67 Å². The lowest BCUT2D eigenvalue weighted by Gasteiger charge is -2.03. The number of rotatable bonds is 1. The smallest absolute Gasteiger partial charge is 0.0843 e. The van der Waals surface area contributed by atoms with Crippen LogP contribution in [-0.2, 0) is 0 Å². The summed E-state index contributed by atoms with van der Waals surface area (Å²) >= 11 is 0. The highest BCUT2D eigenvalue weighted by Crippen LogP contribution is 2.05. The van der Waals surface area contributed by atoms with Crippen molar-refractivity contribution >= 4 is 0 Å². The van der Waals surface area contributed by atoms with Crippen molar-refractivity contribution in [3.63, 3.8) is 0 Å². The summed E-state index contributed by atoms with van der Waals surface area (Å²) in [6.45, 7) is 15.7. The number of allylic oxidation sites excluding steroid dienone is 1. The Bertz CT molecular complexity index is 135. The Balaban J connectivity index is 0. The van der Waals surface area contributed by atoms with Crippen LogP contribution in [0.5, 0.6) is 0 Å². The molecular formula is C12H28N2. The van der Waals surface area contributed by atoms with Gasteiger partial charge in [-0.15, -0.1) is 0 Å². The maximum Gasteiger partial charge on any atom is 0.0843 e. The molecule has 0 aliphatic carbocycles. The third-order valence-corrected chi connectivity index (χ3v) is 1.27. The summed E-state index contributed by atoms with van der Waals surface area (Å²) in [5.41, 5.74) is 1.31. The van der Waals surface area contributed by atoms with Gasteiger partial charge in [-0.05, 0) is 11.8 Å². The topological polar surface area (TPSA) is 24.1 Å². The molecule has 2 nitrogen and oxygen atoms in total. The first kappa shape index (κ1) is 15.8. The molecule has 0 aromatic heterocycles. The Labute approximate surface area is 90.2 Å². The highest BCUT2D eigenvalue weighted by Gasteiger charge is 2.04. The van der Waals surface area contributed by atoms with Gasteiger partial charge in [0, 0.05) is 11.9 Å². The van der Waals surface area contributed by atoms with E-state index in [1.54, 1.807) is 0 Å². The summed E-state index contributed by atoms with van der Waals surface area (Å²) in [6, 6.07) is 0. The van der Waals surface area contributed by atoms with Crippen molar-refractivity contribution in [2.24, 2.45) is 11.8 Å². The molecule has 0 amide bonds. The Morgan fingerprint density at radius 2 is 1.50 bits per heavy atom. The van der Waals surface area contributed by atoms with E-state index >= 15 is 0 Å². The summed E-state index contributed by atoms with van der Waals surface area (Å²) in [5.74, 6) is 1.46. The second-order valence-corrected chi connectivity index (χ2v) is 4.04. The van der Waals surface area contributed by atoms with Gasteiger partial charge in [-0.2, -0.15) is 0 Å². The van der Waals surface area contributed by atoms with E-state index in [-0.39, 0.29) is 0 Å². The van der Waals surface area contributed by atoms with Gasteiger partial charge in [-0.25, -0.2) is 0 Å². The van der Waals surface area contributed by atoms with Gasteiger partial charge in [0.1, 0.15) is 0 Å². The average Bonchev–Trinajstić information content (AvgIpc) is 2.58. The first-order valence-corrected chi connectivity index (χ1v) is 5.71. The first-order chi connectivity index (χ1) is 6.54. The van der Waals surface area contributed by atoms with Gasteiger partial charge in [0.25, 0.3) is 0 Å². The maximum absolute atomic E-state index is 3.21. The summed E-state index contributed by atoms with van der Waals surface area (Å²) in [4.78, 5) is 0. The lowest BCUT2D eigenvalue weighted by atomic mass is 10.2. The lowest BCUT2D eigenvalue weighted by molar-refractivity contribution is 0.684. The maximum atomic E-state index is 3.21. The van der Waals surface area contributed by atoms with Crippen LogP contribution in [0.4, 0.5) is 0 Å². The molecule has 14 heavy (non-hydrogen) atoms. The molecule has 0 radical (unpaired) electrons. The van der Waals surface area contributed by atoms with Crippen LogP contribution >= 0.6 is 0 Å². The molecule has 0 fully saturated rings. The molecule has 1 heterocycles. The molecule has 1 aliphatic rings. The van der Waals surface area contributed by atoms with Gasteiger partial charge in [-0.3, -0.25) is 0 Å². The molecule has 86 valence electrons. The number of hydrogen-bond acceptors (Lipinski definition) is 2. The van der Waals surface area contributed by atoms with Crippen molar-refractivity contribution in [1.82, 2.24) is 10.6 Å². The SMILES string of the molecule is CC.CC(C)C.CC(C)C1=CNCN1. The molecule has 2 N–H and O–H groups in total. The fourth-order valence-corrected chi connectivity index (χ4v) is 0.736. The zero-order valence-electron chi connectivity index (χ0n) is 10.9. The fraction of sp³-hybridized carbons (Fsp3) is 0.833. The first-order valence-electron chi connectivity index (χ1n) is 5.71. The third-order valence-electron chi connectivity index (χ3n) is 1.27. The lowest BCUT2D eigenvalue weighted by Crippen LogP contribution is -2.16. The number of nitrogens with one attached hydrogen (secondary N) is 2. The highest BCUT2D eigenvalue weighted by molar-refractivity contribution is 5.05. The van der Waals surface area contributed by atoms with Crippen LogP contribution in [0, 0.1) is 11.8 Å². The molecule has 2 heteroatoms. The molecular weight excluding hydrogens is 172 g/mol. The van der Waals surface area contributed by atoms with E-state index in [2.05, 4.69) is 45.3 Å². The van der Waals surface area contributed by atoms with Crippen molar-refractivity contribution in [2.45, 2.75) is 48.5 Å². The van der Waals surface area contributed by atoms with Crippen molar-refractivity contribution in [2.75, 3.05) is 6.67 Å². The Hall–Kier alpha value is -0.660. The molecule has 1 aliphatic heterocycles. The minimum absolute atomic E-state index is 0.630. The minimum atomic E-state index is 0.630. The van der Waals surface area contributed by atoms with E-state index in [0.717, 1.165) is 12.6 Å². The van der Waals surface area contributed by atoms with E-state index in [1.165, 1.54) is 5.70 Å². The quantitative estimate of drug-likeness (QED) is 0.678. The molecule has 0 aromatic rings. The van der Waals surface area contributed by atoms with Gasteiger partial charge in [-0.1, -0.05) is 48.5 Å². The molecule has 0 unspecified atom stereocenters. The monoisotopic (exact) mass is 200 g/mol. The van der Waals surface area contributed by atoms with E-state index < -0.39 is 0 Å². The van der Waals surface area contributed by atoms with E-state index in [9.17, 15) is 0 Å². The van der Waals surface area contributed by atoms with Crippen molar-refractivity contribution in [1.29, 1.82) is 0 Å². The van der Waals surface area contributed by atoms with Crippen LogP contribution in [-0.4, -0.2) is 6.67 Å². The Morgan fingerprint density at radius 3 is 1.64 bits per heavy atom. The minimum Gasteiger partial charge on any atom is -0.372 e. The Kier molecular flexibility index (Phi) is 11.8. The standard InChI is InChI=1S/C6H12N2.C4H10.C2H6/c1-5(2)6-3-7-4-8-6;1-4(2)3;1-2/h3,5,7-8H,4H2,1-2H3;4H,1-3H3;1-2H3. The third kappa shape index (κ3) is 11.3. The van der Waals surface area contributed by atoms with Gasteiger partial charge in [0.2, 0.25) is 0 Å². The van der Waals surface area contributed by atoms with Crippen LogP contribution < -0.4 is 10.6 Å². The zero-order chi connectivity index (χ0) is 11.6. The fourth-order valence-electron chi connectivity index (χ4n) is 0.736. The van der Waals surface area contributed by atoms with Crippen LogP contribution in [0.1, 0.15) is 48.5 Å². The van der Waals surface area contributed by atoms with Crippen molar-refractivity contribution in [3.8, 4) is 0 Å². The normalized spacial score (nSPS) is 13.1. The van der Waals surface area contributed by atoms with Crippen LogP contribution in [0.15, 0.2) is 11.9 Å².